The number of ether oxygens (including phenoxy) is 1. The third kappa shape index (κ3) is 1.22. The highest BCUT2D eigenvalue weighted by Gasteiger charge is 2.04. The summed E-state index contributed by atoms with van der Waals surface area (Å²) in [6, 6.07) is 5.49. The number of benzene rings is 1. The molecule has 2 rings (SSSR count). The Morgan fingerprint density at radius 3 is 2.77 bits per heavy atom. The molecule has 0 saturated carbocycles. The maximum Gasteiger partial charge on any atom is 0.161 e. The number of hydrogen-bond acceptors (Lipinski definition) is 2. The second-order valence-corrected chi connectivity index (χ2v) is 3.06. The number of aromatic hydroxyl groups is 1. The van der Waals surface area contributed by atoms with Crippen LogP contribution in [0.2, 0.25) is 0 Å². The van der Waals surface area contributed by atoms with Crippen molar-refractivity contribution in [1.82, 2.24) is 4.98 Å². The zero-order chi connectivity index (χ0) is 9.42. The molecule has 3 heteroatoms. The first kappa shape index (κ1) is 7.98. The number of aromatic nitrogens is 1. The molecule has 2 aromatic rings. The topological polar surface area (TPSA) is 45.2 Å². The average Bonchev–Trinajstić information content (AvgIpc) is 2.42. The molecule has 0 atom stereocenters. The van der Waals surface area contributed by atoms with Crippen molar-refractivity contribution in [2.45, 2.75) is 6.92 Å². The largest absolute Gasteiger partial charge is 0.504 e. The van der Waals surface area contributed by atoms with E-state index in [4.69, 9.17) is 4.74 Å². The minimum Gasteiger partial charge on any atom is -0.504 e. The smallest absolute Gasteiger partial charge is 0.161 e. The van der Waals surface area contributed by atoms with Gasteiger partial charge in [-0.15, -0.1) is 0 Å². The van der Waals surface area contributed by atoms with Crippen molar-refractivity contribution >= 4 is 10.9 Å². The van der Waals surface area contributed by atoms with E-state index in [9.17, 15) is 5.11 Å². The van der Waals surface area contributed by atoms with Gasteiger partial charge in [0.1, 0.15) is 0 Å². The zero-order valence-electron chi connectivity index (χ0n) is 7.59. The highest BCUT2D eigenvalue weighted by Crippen LogP contribution is 2.30. The summed E-state index contributed by atoms with van der Waals surface area (Å²) >= 11 is 0. The summed E-state index contributed by atoms with van der Waals surface area (Å²) in [5, 5.41) is 10.5. The molecule has 1 aromatic carbocycles. The molecule has 0 spiro atoms. The fourth-order valence-electron chi connectivity index (χ4n) is 1.46. The van der Waals surface area contributed by atoms with Gasteiger partial charge in [0.2, 0.25) is 0 Å². The van der Waals surface area contributed by atoms with Gasteiger partial charge in [0.05, 0.1) is 7.11 Å². The predicted octanol–water partition coefficient (Wildman–Crippen LogP) is 2.19. The van der Waals surface area contributed by atoms with Gasteiger partial charge in [0.15, 0.2) is 11.5 Å². The van der Waals surface area contributed by atoms with E-state index in [1.165, 1.54) is 0 Å². The molecule has 0 radical (unpaired) electrons. The summed E-state index contributed by atoms with van der Waals surface area (Å²) in [7, 11) is 1.54. The van der Waals surface area contributed by atoms with Gasteiger partial charge in [-0.2, -0.15) is 0 Å². The number of aromatic amines is 1. The van der Waals surface area contributed by atoms with Crippen LogP contribution in [0, 0.1) is 6.92 Å². The molecule has 68 valence electrons. The lowest BCUT2D eigenvalue weighted by Gasteiger charge is -2.02. The molecular formula is C10H11NO2. The molecule has 0 unspecified atom stereocenters. The van der Waals surface area contributed by atoms with E-state index < -0.39 is 0 Å². The van der Waals surface area contributed by atoms with Crippen molar-refractivity contribution in [3.8, 4) is 11.5 Å². The van der Waals surface area contributed by atoms with Gasteiger partial charge < -0.3 is 14.8 Å². The van der Waals surface area contributed by atoms with Crippen molar-refractivity contribution in [1.29, 1.82) is 0 Å². The van der Waals surface area contributed by atoms with E-state index >= 15 is 0 Å². The fraction of sp³-hybridized carbons (Fsp3) is 0.200. The zero-order valence-corrected chi connectivity index (χ0v) is 7.59. The molecule has 0 aliphatic rings. The Labute approximate surface area is 76.0 Å². The third-order valence-corrected chi connectivity index (χ3v) is 2.05. The average molecular weight is 177 g/mol. The van der Waals surface area contributed by atoms with Gasteiger partial charge in [0, 0.05) is 22.7 Å². The van der Waals surface area contributed by atoms with Crippen molar-refractivity contribution in [3.63, 3.8) is 0 Å². The van der Waals surface area contributed by atoms with Crippen LogP contribution in [0.5, 0.6) is 11.5 Å². The molecule has 1 aromatic heterocycles. The lowest BCUT2D eigenvalue weighted by Crippen LogP contribution is -1.82. The van der Waals surface area contributed by atoms with E-state index in [1.54, 1.807) is 13.2 Å². The lowest BCUT2D eigenvalue weighted by atomic mass is 10.2. The normalized spacial score (nSPS) is 10.6. The Morgan fingerprint density at radius 2 is 2.08 bits per heavy atom. The second-order valence-electron chi connectivity index (χ2n) is 3.06. The van der Waals surface area contributed by atoms with E-state index in [1.807, 2.05) is 19.1 Å². The Hall–Kier alpha value is -1.64. The summed E-state index contributed by atoms with van der Waals surface area (Å²) in [6.45, 7) is 1.98. The molecule has 2 N–H and O–H groups in total. The summed E-state index contributed by atoms with van der Waals surface area (Å²) in [6.07, 6.45) is 0. The Kier molecular flexibility index (Phi) is 1.65. The number of fused-ring (bicyclic) bond motifs is 1. The molecule has 1 heterocycles. The number of rotatable bonds is 1. The van der Waals surface area contributed by atoms with Gasteiger partial charge in [-0.05, 0) is 19.1 Å². The SMILES string of the molecule is COc1cc2cc(C)[nH]c2cc1O. The molecule has 3 nitrogen and oxygen atoms in total. The Balaban J connectivity index is 2.72. The van der Waals surface area contributed by atoms with Crippen LogP contribution in [0.15, 0.2) is 18.2 Å². The van der Waals surface area contributed by atoms with E-state index in [-0.39, 0.29) is 5.75 Å². The molecule has 0 amide bonds. The first-order valence-electron chi connectivity index (χ1n) is 4.07. The maximum atomic E-state index is 9.47. The van der Waals surface area contributed by atoms with Crippen LogP contribution in [0.4, 0.5) is 0 Å². The number of nitrogens with one attached hydrogen (secondary N) is 1. The number of methoxy groups -OCH3 is 1. The first-order chi connectivity index (χ1) is 6.20. The fourth-order valence-corrected chi connectivity index (χ4v) is 1.46. The van der Waals surface area contributed by atoms with E-state index in [2.05, 4.69) is 4.98 Å². The molecule has 0 bridgehead atoms. The molecular weight excluding hydrogens is 166 g/mol. The molecule has 0 fully saturated rings. The molecule has 0 saturated heterocycles. The van der Waals surface area contributed by atoms with Gasteiger partial charge in [-0.3, -0.25) is 0 Å². The van der Waals surface area contributed by atoms with E-state index in [0.717, 1.165) is 16.6 Å². The molecule has 0 aliphatic heterocycles. The van der Waals surface area contributed by atoms with Crippen molar-refractivity contribution < 1.29 is 9.84 Å². The van der Waals surface area contributed by atoms with Crippen molar-refractivity contribution in [3.05, 3.63) is 23.9 Å². The van der Waals surface area contributed by atoms with Crippen LogP contribution in [0.1, 0.15) is 5.69 Å². The van der Waals surface area contributed by atoms with Crippen LogP contribution in [0.25, 0.3) is 10.9 Å². The van der Waals surface area contributed by atoms with Crippen LogP contribution >= 0.6 is 0 Å². The predicted molar refractivity (Wildman–Crippen MR) is 51.3 cm³/mol. The number of H-pyrrole nitrogens is 1. The lowest BCUT2D eigenvalue weighted by molar-refractivity contribution is 0.374. The Bertz CT molecular complexity index is 445. The monoisotopic (exact) mass is 177 g/mol. The van der Waals surface area contributed by atoms with Gasteiger partial charge >= 0.3 is 0 Å². The van der Waals surface area contributed by atoms with Crippen LogP contribution in [0.3, 0.4) is 0 Å². The minimum absolute atomic E-state index is 0.164. The van der Waals surface area contributed by atoms with Gasteiger partial charge in [-0.25, -0.2) is 0 Å². The maximum absolute atomic E-state index is 9.47. The summed E-state index contributed by atoms with van der Waals surface area (Å²) in [5.74, 6) is 0.670. The number of aryl methyl sites for hydroxylation is 1. The minimum atomic E-state index is 0.164. The number of phenolic OH excluding ortho intramolecular Hbond substituents is 1. The summed E-state index contributed by atoms with van der Waals surface area (Å²) in [4.78, 5) is 3.14. The van der Waals surface area contributed by atoms with E-state index in [0.29, 0.717) is 5.75 Å². The number of phenols is 1. The molecule has 13 heavy (non-hydrogen) atoms. The highest BCUT2D eigenvalue weighted by atomic mass is 16.5. The van der Waals surface area contributed by atoms with Gasteiger partial charge in [0.25, 0.3) is 0 Å². The van der Waals surface area contributed by atoms with Gasteiger partial charge in [-0.1, -0.05) is 0 Å². The summed E-state index contributed by atoms with van der Waals surface area (Å²) < 4.78 is 5.00. The quantitative estimate of drug-likeness (QED) is 0.701. The van der Waals surface area contributed by atoms with Crippen molar-refractivity contribution in [2.24, 2.45) is 0 Å². The molecule has 0 aliphatic carbocycles. The van der Waals surface area contributed by atoms with Crippen LogP contribution in [-0.4, -0.2) is 17.2 Å². The third-order valence-electron chi connectivity index (χ3n) is 2.05. The highest BCUT2D eigenvalue weighted by molar-refractivity contribution is 5.84. The first-order valence-corrected chi connectivity index (χ1v) is 4.07. The summed E-state index contributed by atoms with van der Waals surface area (Å²) in [5.41, 5.74) is 2.00. The second kappa shape index (κ2) is 2.69. The van der Waals surface area contributed by atoms with Crippen LogP contribution < -0.4 is 4.74 Å². The van der Waals surface area contributed by atoms with Crippen LogP contribution in [-0.2, 0) is 0 Å². The standard InChI is InChI=1S/C10H11NO2/c1-6-3-7-4-10(13-2)9(12)5-8(7)11-6/h3-5,11-12H,1-2H3. The number of hydrogen-bond donors (Lipinski definition) is 2. The Morgan fingerprint density at radius 1 is 1.31 bits per heavy atom. The van der Waals surface area contributed by atoms with Crippen molar-refractivity contribution in [2.75, 3.05) is 7.11 Å².